The lowest BCUT2D eigenvalue weighted by molar-refractivity contribution is 0.0693. The van der Waals surface area contributed by atoms with Crippen LogP contribution in [0.1, 0.15) is 17.3 Å². The Morgan fingerprint density at radius 3 is 2.81 bits per heavy atom. The molecule has 0 amide bonds. The summed E-state index contributed by atoms with van der Waals surface area (Å²) in [4.78, 5) is 19.1. The minimum absolute atomic E-state index is 0.0979. The third kappa shape index (κ3) is 3.59. The molecule has 1 aromatic heterocycles. The van der Waals surface area contributed by atoms with Gasteiger partial charge >= 0.3 is 5.97 Å². The lowest BCUT2D eigenvalue weighted by Gasteiger charge is -2.10. The largest absolute Gasteiger partial charge is 0.496 e. The molecule has 21 heavy (non-hydrogen) atoms. The molecule has 0 atom stereocenters. The quantitative estimate of drug-likeness (QED) is 0.842. The Kier molecular flexibility index (Phi) is 4.55. The summed E-state index contributed by atoms with van der Waals surface area (Å²) in [6.07, 6.45) is 1.39. The predicted octanol–water partition coefficient (Wildman–Crippen LogP) is 2.33. The molecule has 0 aliphatic heterocycles. The molecule has 7 nitrogen and oxygen atoms in total. The van der Waals surface area contributed by atoms with E-state index in [9.17, 15) is 4.79 Å². The van der Waals surface area contributed by atoms with Gasteiger partial charge in [0.1, 0.15) is 23.5 Å². The van der Waals surface area contributed by atoms with E-state index in [2.05, 4.69) is 15.3 Å². The van der Waals surface area contributed by atoms with Crippen LogP contribution in [0, 0.1) is 0 Å². The number of carboxylic acid groups (broad SMARTS) is 1. The molecule has 110 valence electrons. The normalized spacial score (nSPS) is 10.0. The van der Waals surface area contributed by atoms with Gasteiger partial charge < -0.3 is 19.9 Å². The molecule has 7 heteroatoms. The van der Waals surface area contributed by atoms with Crippen molar-refractivity contribution >= 4 is 17.5 Å². The number of aromatic nitrogens is 2. The van der Waals surface area contributed by atoms with Crippen LogP contribution in [0.5, 0.6) is 11.6 Å². The highest BCUT2D eigenvalue weighted by atomic mass is 16.5. The molecule has 0 spiro atoms. The van der Waals surface area contributed by atoms with Gasteiger partial charge in [0.25, 0.3) is 0 Å². The summed E-state index contributed by atoms with van der Waals surface area (Å²) in [6, 6.07) is 6.34. The number of carboxylic acids is 1. The summed E-state index contributed by atoms with van der Waals surface area (Å²) in [5.41, 5.74) is 0.749. The first-order chi connectivity index (χ1) is 10.1. The van der Waals surface area contributed by atoms with E-state index in [1.165, 1.54) is 19.5 Å². The first kappa shape index (κ1) is 14.6. The predicted molar refractivity (Wildman–Crippen MR) is 76.4 cm³/mol. The minimum atomic E-state index is -1.04. The number of carbonyl (C=O) groups is 1. The molecule has 0 saturated heterocycles. The first-order valence-corrected chi connectivity index (χ1v) is 6.27. The van der Waals surface area contributed by atoms with Gasteiger partial charge in [-0.05, 0) is 19.1 Å². The van der Waals surface area contributed by atoms with Crippen molar-refractivity contribution in [2.45, 2.75) is 6.92 Å². The SMILES string of the molecule is CCOc1cc(Nc2ccc(C(=O)O)c(OC)c2)ncn1. The number of anilines is 2. The van der Waals surface area contributed by atoms with Crippen LogP contribution in [0.15, 0.2) is 30.6 Å². The molecule has 2 N–H and O–H groups in total. The molecule has 0 unspecified atom stereocenters. The molecule has 1 heterocycles. The maximum Gasteiger partial charge on any atom is 0.339 e. The van der Waals surface area contributed by atoms with Gasteiger partial charge in [0.15, 0.2) is 0 Å². The van der Waals surface area contributed by atoms with E-state index in [0.29, 0.717) is 24.0 Å². The van der Waals surface area contributed by atoms with Crippen molar-refractivity contribution in [1.29, 1.82) is 0 Å². The van der Waals surface area contributed by atoms with Crippen LogP contribution in [-0.4, -0.2) is 34.8 Å². The molecular weight excluding hydrogens is 274 g/mol. The molecule has 0 aliphatic rings. The molecular formula is C14H15N3O4. The fraction of sp³-hybridized carbons (Fsp3) is 0.214. The van der Waals surface area contributed by atoms with Crippen LogP contribution in [0.2, 0.25) is 0 Å². The average Bonchev–Trinajstić information content (AvgIpc) is 2.47. The number of ether oxygens (including phenoxy) is 2. The van der Waals surface area contributed by atoms with Gasteiger partial charge in [-0.15, -0.1) is 0 Å². The molecule has 0 radical (unpaired) electrons. The fourth-order valence-electron chi connectivity index (χ4n) is 1.73. The van der Waals surface area contributed by atoms with Crippen molar-refractivity contribution in [3.8, 4) is 11.6 Å². The van der Waals surface area contributed by atoms with Gasteiger partial charge in [0, 0.05) is 17.8 Å². The van der Waals surface area contributed by atoms with Gasteiger partial charge in [0.2, 0.25) is 5.88 Å². The summed E-state index contributed by atoms with van der Waals surface area (Å²) in [7, 11) is 1.42. The lowest BCUT2D eigenvalue weighted by Crippen LogP contribution is -2.02. The van der Waals surface area contributed by atoms with Crippen LogP contribution < -0.4 is 14.8 Å². The highest BCUT2D eigenvalue weighted by Crippen LogP contribution is 2.25. The second-order valence-electron chi connectivity index (χ2n) is 4.02. The monoisotopic (exact) mass is 289 g/mol. The zero-order chi connectivity index (χ0) is 15.2. The summed E-state index contributed by atoms with van der Waals surface area (Å²) in [5, 5.41) is 12.1. The van der Waals surface area contributed by atoms with Crippen molar-refractivity contribution in [2.24, 2.45) is 0 Å². The number of hydrogen-bond acceptors (Lipinski definition) is 6. The van der Waals surface area contributed by atoms with Crippen molar-refractivity contribution in [1.82, 2.24) is 9.97 Å². The van der Waals surface area contributed by atoms with Crippen LogP contribution in [0.25, 0.3) is 0 Å². The Morgan fingerprint density at radius 2 is 2.14 bits per heavy atom. The van der Waals surface area contributed by atoms with Gasteiger partial charge in [-0.2, -0.15) is 0 Å². The number of nitrogens with one attached hydrogen (secondary N) is 1. The average molecular weight is 289 g/mol. The van der Waals surface area contributed by atoms with Gasteiger partial charge in [0.05, 0.1) is 13.7 Å². The second kappa shape index (κ2) is 6.56. The number of nitrogens with zero attached hydrogens (tertiary/aromatic N) is 2. The van der Waals surface area contributed by atoms with E-state index in [-0.39, 0.29) is 11.3 Å². The van der Waals surface area contributed by atoms with Gasteiger partial charge in [-0.25, -0.2) is 14.8 Å². The summed E-state index contributed by atoms with van der Waals surface area (Å²) in [5.74, 6) is 0.230. The molecule has 2 aromatic rings. The van der Waals surface area contributed by atoms with Crippen molar-refractivity contribution in [3.05, 3.63) is 36.2 Å². The third-order valence-electron chi connectivity index (χ3n) is 2.64. The highest BCUT2D eigenvalue weighted by Gasteiger charge is 2.11. The van der Waals surface area contributed by atoms with Gasteiger partial charge in [-0.3, -0.25) is 0 Å². The zero-order valence-electron chi connectivity index (χ0n) is 11.7. The maximum absolute atomic E-state index is 11.0. The number of hydrogen-bond donors (Lipinski definition) is 2. The number of aromatic carboxylic acids is 1. The maximum atomic E-state index is 11.0. The third-order valence-corrected chi connectivity index (χ3v) is 2.64. The van der Waals surface area contributed by atoms with Crippen LogP contribution >= 0.6 is 0 Å². The smallest absolute Gasteiger partial charge is 0.339 e. The Hall–Kier alpha value is -2.83. The Labute approximate surface area is 121 Å². The minimum Gasteiger partial charge on any atom is -0.496 e. The fourth-order valence-corrected chi connectivity index (χ4v) is 1.73. The van der Waals surface area contributed by atoms with E-state index < -0.39 is 5.97 Å². The first-order valence-electron chi connectivity index (χ1n) is 6.27. The number of methoxy groups -OCH3 is 1. The number of rotatable bonds is 6. The van der Waals surface area contributed by atoms with E-state index in [1.54, 1.807) is 18.2 Å². The molecule has 0 aliphatic carbocycles. The Morgan fingerprint density at radius 1 is 1.33 bits per heavy atom. The number of benzene rings is 1. The van der Waals surface area contributed by atoms with Crippen molar-refractivity contribution < 1.29 is 19.4 Å². The Bertz CT molecular complexity index is 646. The standard InChI is InChI=1S/C14H15N3O4/c1-3-21-13-7-12(15-8-16-13)17-9-4-5-10(14(18)19)11(6-9)20-2/h4-8H,3H2,1-2H3,(H,18,19)(H,15,16,17). The second-order valence-corrected chi connectivity index (χ2v) is 4.02. The zero-order valence-corrected chi connectivity index (χ0v) is 11.7. The molecule has 2 rings (SSSR count). The topological polar surface area (TPSA) is 93.6 Å². The molecule has 0 bridgehead atoms. The van der Waals surface area contributed by atoms with Crippen molar-refractivity contribution in [3.63, 3.8) is 0 Å². The van der Waals surface area contributed by atoms with Crippen LogP contribution in [0.4, 0.5) is 11.5 Å². The van der Waals surface area contributed by atoms with Crippen molar-refractivity contribution in [2.75, 3.05) is 19.0 Å². The van der Waals surface area contributed by atoms with Crippen LogP contribution in [0.3, 0.4) is 0 Å². The molecule has 0 fully saturated rings. The van der Waals surface area contributed by atoms with E-state index in [0.717, 1.165) is 0 Å². The lowest BCUT2D eigenvalue weighted by atomic mass is 10.2. The highest BCUT2D eigenvalue weighted by molar-refractivity contribution is 5.91. The van der Waals surface area contributed by atoms with Crippen LogP contribution in [-0.2, 0) is 0 Å². The summed E-state index contributed by atoms with van der Waals surface area (Å²) in [6.45, 7) is 2.38. The van der Waals surface area contributed by atoms with E-state index >= 15 is 0 Å². The van der Waals surface area contributed by atoms with E-state index in [1.807, 2.05) is 6.92 Å². The summed E-state index contributed by atoms with van der Waals surface area (Å²) < 4.78 is 10.4. The van der Waals surface area contributed by atoms with Gasteiger partial charge in [-0.1, -0.05) is 0 Å². The van der Waals surface area contributed by atoms with E-state index in [4.69, 9.17) is 14.6 Å². The molecule has 1 aromatic carbocycles. The Balaban J connectivity index is 2.23. The molecule has 0 saturated carbocycles. The summed E-state index contributed by atoms with van der Waals surface area (Å²) >= 11 is 0.